The first-order chi connectivity index (χ1) is 31.5. The predicted molar refractivity (Wildman–Crippen MR) is 237 cm³/mol. The van der Waals surface area contributed by atoms with Crippen LogP contribution < -0.4 is 35.7 Å². The number of hydrogen-bond acceptors (Lipinski definition) is 17. The summed E-state index contributed by atoms with van der Waals surface area (Å²) in [5.74, 6) is 0.197. The molecule has 5 N–H and O–H groups in total. The van der Waals surface area contributed by atoms with Crippen LogP contribution in [0.3, 0.4) is 0 Å². The number of anilines is 6. The van der Waals surface area contributed by atoms with E-state index in [1.165, 1.54) is 68.7 Å². The smallest absolute Gasteiger partial charge is 0.477 e. The van der Waals surface area contributed by atoms with Gasteiger partial charge in [-0.1, -0.05) is 11.6 Å². The van der Waals surface area contributed by atoms with Gasteiger partial charge in [-0.25, -0.2) is 49.1 Å². The van der Waals surface area contributed by atoms with Gasteiger partial charge in [0.05, 0.1) is 48.7 Å². The Kier molecular flexibility index (Phi) is 13.0. The van der Waals surface area contributed by atoms with E-state index in [0.717, 1.165) is 50.4 Å². The number of carboxylic acids is 1. The Morgan fingerprint density at radius 2 is 1.28 bits per heavy atom. The molecule has 0 saturated carbocycles. The highest BCUT2D eigenvalue weighted by Crippen LogP contribution is 2.41. The molecule has 2 fully saturated rings. The molecule has 0 unspecified atom stereocenters. The van der Waals surface area contributed by atoms with Crippen LogP contribution in [0.5, 0.6) is 0 Å². The zero-order valence-corrected chi connectivity index (χ0v) is 35.1. The number of nitrogens with one attached hydrogen (secondary N) is 2. The highest BCUT2D eigenvalue weighted by molar-refractivity contribution is 6.58. The van der Waals surface area contributed by atoms with Gasteiger partial charge >= 0.3 is 31.1 Å². The van der Waals surface area contributed by atoms with Crippen molar-refractivity contribution in [3.63, 3.8) is 0 Å². The number of carbonyl (C=O) groups is 4. The summed E-state index contributed by atoms with van der Waals surface area (Å²) in [6, 6.07) is 12.7. The Labute approximate surface area is 375 Å². The predicted octanol–water partition coefficient (Wildman–Crippen LogP) is 2.97. The van der Waals surface area contributed by atoms with Crippen molar-refractivity contribution in [2.45, 2.75) is 24.9 Å². The number of methoxy groups -OCH3 is 1. The fourth-order valence-corrected chi connectivity index (χ4v) is 7.82. The van der Waals surface area contributed by atoms with Crippen molar-refractivity contribution >= 4 is 82.8 Å². The van der Waals surface area contributed by atoms with Gasteiger partial charge in [0.15, 0.2) is 23.3 Å². The van der Waals surface area contributed by atoms with Crippen LogP contribution in [0, 0.1) is 0 Å². The number of fused-ring (bicyclic) bond motifs is 8. The average Bonchev–Trinajstić information content (AvgIpc) is 3.95. The number of esters is 1. The second-order valence-electron chi connectivity index (χ2n) is 14.6. The minimum Gasteiger partial charge on any atom is -0.477 e. The Balaban J connectivity index is 0.000000144. The highest BCUT2D eigenvalue weighted by atomic mass is 35.5. The van der Waals surface area contributed by atoms with E-state index in [-0.39, 0.29) is 41.0 Å². The fourth-order valence-electron chi connectivity index (χ4n) is 7.68. The largest absolute Gasteiger partial charge is 0.488 e. The number of urea groups is 2. The first kappa shape index (κ1) is 43.8. The number of aromatic nitrogens is 8. The maximum atomic E-state index is 13.1. The van der Waals surface area contributed by atoms with Gasteiger partial charge in [0.25, 0.3) is 0 Å². The van der Waals surface area contributed by atoms with Gasteiger partial charge in [-0.15, -0.1) is 0 Å². The van der Waals surface area contributed by atoms with Crippen molar-refractivity contribution in [3.05, 3.63) is 115 Å². The minimum absolute atomic E-state index is 0.0102. The number of pyridine rings is 4. The zero-order chi connectivity index (χ0) is 45.6. The van der Waals surface area contributed by atoms with Gasteiger partial charge in [-0.05, 0) is 66.8 Å². The van der Waals surface area contributed by atoms with Crippen LogP contribution in [-0.4, -0.2) is 132 Å². The summed E-state index contributed by atoms with van der Waals surface area (Å²) in [4.78, 5) is 88.5. The zero-order valence-electron chi connectivity index (χ0n) is 34.3. The van der Waals surface area contributed by atoms with Crippen molar-refractivity contribution in [3.8, 4) is 11.3 Å². The molecule has 2 atom stereocenters. The van der Waals surface area contributed by atoms with Crippen LogP contribution in [0.1, 0.15) is 33.8 Å². The maximum absolute atomic E-state index is 13.1. The number of aromatic carboxylic acids is 1. The van der Waals surface area contributed by atoms with Crippen LogP contribution in [0.15, 0.2) is 98.1 Å². The minimum atomic E-state index is -1.61. The van der Waals surface area contributed by atoms with E-state index in [1.54, 1.807) is 28.1 Å². The average molecular weight is 901 g/mol. The van der Waals surface area contributed by atoms with Crippen LogP contribution in [0.4, 0.5) is 44.2 Å². The van der Waals surface area contributed by atoms with Gasteiger partial charge in [-0.2, -0.15) is 0 Å². The third kappa shape index (κ3) is 9.71. The van der Waals surface area contributed by atoms with Crippen LogP contribution in [0.25, 0.3) is 11.3 Å². The molecular weight excluding hydrogens is 863 g/mol. The first-order valence-corrected chi connectivity index (χ1v) is 20.3. The number of hydrogen-bond donors (Lipinski definition) is 5. The Hall–Kier alpha value is -7.89. The molecular formula is C41H38BClN14O8. The lowest BCUT2D eigenvalue weighted by molar-refractivity contribution is 0.0593. The van der Waals surface area contributed by atoms with E-state index in [4.69, 9.17) is 26.6 Å². The molecule has 0 aromatic carbocycles. The molecule has 4 bridgehead atoms. The molecule has 6 aromatic rings. The maximum Gasteiger partial charge on any atom is 0.488 e. The molecule has 4 aliphatic heterocycles. The van der Waals surface area contributed by atoms with Crippen molar-refractivity contribution in [1.29, 1.82) is 0 Å². The summed E-state index contributed by atoms with van der Waals surface area (Å²) in [6.45, 7) is 3.30. The molecule has 6 aromatic heterocycles. The molecule has 0 radical (unpaired) electrons. The van der Waals surface area contributed by atoms with Gasteiger partial charge in [0.1, 0.15) is 16.5 Å². The molecule has 24 heteroatoms. The lowest BCUT2D eigenvalue weighted by atomic mass is 9.81. The normalized spacial score (nSPS) is 16.1. The summed E-state index contributed by atoms with van der Waals surface area (Å²) in [5, 5.41) is 32.7. The van der Waals surface area contributed by atoms with E-state index in [2.05, 4.69) is 60.1 Å². The van der Waals surface area contributed by atoms with Crippen molar-refractivity contribution < 1.29 is 39.1 Å². The number of carboxylic acid groups (broad SMARTS) is 1. The molecule has 65 heavy (non-hydrogen) atoms. The van der Waals surface area contributed by atoms with E-state index in [1.807, 2.05) is 18.2 Å². The van der Waals surface area contributed by atoms with Crippen molar-refractivity contribution in [2.24, 2.45) is 0 Å². The Bertz CT molecular complexity index is 2730. The summed E-state index contributed by atoms with van der Waals surface area (Å²) < 4.78 is 4.41. The first-order valence-electron chi connectivity index (χ1n) is 20.0. The molecule has 22 nitrogen and oxygen atoms in total. The summed E-state index contributed by atoms with van der Waals surface area (Å²) in [7, 11) is -0.377. The van der Waals surface area contributed by atoms with Crippen LogP contribution in [-0.2, 0) is 4.74 Å². The molecule has 0 spiro atoms. The Morgan fingerprint density at radius 3 is 1.83 bits per heavy atom. The number of halogens is 1. The quantitative estimate of drug-likeness (QED) is 0.0913. The summed E-state index contributed by atoms with van der Waals surface area (Å²) in [6.07, 6.45) is 13.6. The second kappa shape index (κ2) is 19.2. The van der Waals surface area contributed by atoms with E-state index >= 15 is 0 Å². The molecule has 10 heterocycles. The molecule has 2 saturated heterocycles. The monoisotopic (exact) mass is 900 g/mol. The number of amides is 4. The molecule has 4 amide bonds. The van der Waals surface area contributed by atoms with Gasteiger partial charge in [0.2, 0.25) is 0 Å². The summed E-state index contributed by atoms with van der Waals surface area (Å²) >= 11 is 6.01. The third-order valence-electron chi connectivity index (χ3n) is 10.7. The van der Waals surface area contributed by atoms with Gasteiger partial charge < -0.3 is 29.7 Å². The van der Waals surface area contributed by atoms with Crippen LogP contribution in [0.2, 0.25) is 5.15 Å². The van der Waals surface area contributed by atoms with Crippen LogP contribution >= 0.6 is 11.6 Å². The second-order valence-corrected chi connectivity index (χ2v) is 15.0. The molecule has 4 aliphatic rings. The van der Waals surface area contributed by atoms with E-state index in [9.17, 15) is 24.3 Å². The molecule has 330 valence electrons. The van der Waals surface area contributed by atoms with E-state index < -0.39 is 19.1 Å². The number of carbonyl (C=O) groups excluding carboxylic acids is 3. The SMILES string of the molecule is COC(=O)c1cc(B(O)O)ccn1.O=C(Nc1cnccn1)N1c2nc(Cl)ccc2N2CC[C@H]1C2.O=C(O)c1cc(-c2ccc3c(n2)N(C(=O)Nc2cnccn2)[C@H]2CCN3C2)ccn1. The fraction of sp³-hybridized carbons (Fsp3) is 0.220. The van der Waals surface area contributed by atoms with E-state index in [0.29, 0.717) is 39.7 Å². The van der Waals surface area contributed by atoms with Crippen molar-refractivity contribution in [1.82, 2.24) is 39.9 Å². The summed E-state index contributed by atoms with van der Waals surface area (Å²) in [5.41, 5.74) is 3.18. The third-order valence-corrected chi connectivity index (χ3v) is 10.9. The van der Waals surface area contributed by atoms with Crippen molar-refractivity contribution in [2.75, 3.05) is 63.5 Å². The lowest BCUT2D eigenvalue weighted by Crippen LogP contribution is -2.48. The van der Waals surface area contributed by atoms with Gasteiger partial charge in [0, 0.05) is 68.9 Å². The van der Waals surface area contributed by atoms with Gasteiger partial charge in [-0.3, -0.25) is 30.4 Å². The Morgan fingerprint density at radius 1 is 0.708 bits per heavy atom. The highest BCUT2D eigenvalue weighted by Gasteiger charge is 2.42. The topological polar surface area (TPSA) is 278 Å². The number of rotatable bonds is 6. The lowest BCUT2D eigenvalue weighted by Gasteiger charge is -2.35. The molecule has 0 aliphatic carbocycles. The number of nitrogens with zero attached hydrogens (tertiary/aromatic N) is 12. The molecule has 10 rings (SSSR count). The number of ether oxygens (including phenoxy) is 1. The standard InChI is InChI=1S/C20H17N7O3.C14H13ClN6O.C7H8BNO4/c28-19(29)15-9-12(3-5-22-15)14-1-2-16-18(24-14)27(13-4-8-26(16)11-13)20(30)25-17-10-21-6-7-23-17;15-11-2-1-10-13(18-11)21(9-3-6-20(10)8-9)14(22)19-12-7-16-4-5-17-12;1-13-7(10)6-4-5(8(11)12)2-3-9-6/h1-3,5-7,9-10,13H,4,8,11H2,(H,28,29)(H,23,25,30);1-2,4-5,7,9H,3,6,8H2,(H,17,19,22);2-4,11-12H,1H3/t13-;9-;/m00./s1.